The Bertz CT molecular complexity index is 358. The van der Waals surface area contributed by atoms with Crippen molar-refractivity contribution in [2.24, 2.45) is 5.92 Å². The van der Waals surface area contributed by atoms with Crippen molar-refractivity contribution < 1.29 is 19.2 Å². The number of carbonyl (C=O) groups is 4. The lowest BCUT2D eigenvalue weighted by Crippen LogP contribution is -2.43. The Labute approximate surface area is 125 Å². The molecule has 0 aromatic carbocycles. The van der Waals surface area contributed by atoms with Gasteiger partial charge in [0.25, 0.3) is 0 Å². The van der Waals surface area contributed by atoms with E-state index in [-0.39, 0.29) is 30.8 Å². The van der Waals surface area contributed by atoms with Gasteiger partial charge in [-0.3, -0.25) is 9.59 Å². The van der Waals surface area contributed by atoms with Crippen LogP contribution in [0.25, 0.3) is 0 Å². The monoisotopic (exact) mass is 299 g/mol. The van der Waals surface area contributed by atoms with Crippen LogP contribution in [0.1, 0.15) is 33.1 Å². The van der Waals surface area contributed by atoms with Crippen molar-refractivity contribution in [1.29, 1.82) is 0 Å². The van der Waals surface area contributed by atoms with E-state index in [1.807, 2.05) is 13.8 Å². The van der Waals surface area contributed by atoms with Gasteiger partial charge in [0.05, 0.1) is 18.6 Å². The third-order valence-electron chi connectivity index (χ3n) is 2.90. The number of nitrogens with one attached hydrogen (secondary N) is 3. The van der Waals surface area contributed by atoms with Crippen LogP contribution in [0.4, 0.5) is 0 Å². The minimum absolute atomic E-state index is 0.153. The van der Waals surface area contributed by atoms with Crippen molar-refractivity contribution in [3.05, 3.63) is 0 Å². The molecule has 0 bridgehead atoms. The minimum Gasteiger partial charge on any atom is -0.347 e. The van der Waals surface area contributed by atoms with E-state index in [0.29, 0.717) is 19.1 Å². The fourth-order valence-electron chi connectivity index (χ4n) is 1.75. The molecule has 3 N–H and O–H groups in total. The maximum atomic E-state index is 11.6. The van der Waals surface area contributed by atoms with Gasteiger partial charge in [0, 0.05) is 6.42 Å². The van der Waals surface area contributed by atoms with E-state index < -0.39 is 11.9 Å². The summed E-state index contributed by atoms with van der Waals surface area (Å²) in [5.74, 6) is -0.419. The molecule has 0 aliphatic rings. The molecule has 0 fully saturated rings. The molecule has 0 radical (unpaired) electrons. The Kier molecular flexibility index (Phi) is 10.0. The maximum Gasteiger partial charge on any atom is 0.239 e. The van der Waals surface area contributed by atoms with Crippen LogP contribution in [0.5, 0.6) is 0 Å². The summed E-state index contributed by atoms with van der Waals surface area (Å²) in [6, 6.07) is -0.895. The number of aldehydes is 2. The topological polar surface area (TPSA) is 104 Å². The molecule has 0 aliphatic heterocycles. The highest BCUT2D eigenvalue weighted by atomic mass is 16.2. The van der Waals surface area contributed by atoms with Crippen LogP contribution < -0.4 is 16.0 Å². The standard InChI is InChI=1S/C14H25N3O4/c1-10(2)6-12(9-19)17-14(21)7-16-13(20)5-4-11(8-18)15-3/h8-12,15H,4-7H2,1-3H3,(H,16,20)(H,17,21). The van der Waals surface area contributed by atoms with Gasteiger partial charge in [-0.2, -0.15) is 0 Å². The predicted octanol–water partition coefficient (Wildman–Crippen LogP) is -0.600. The molecule has 2 atom stereocenters. The zero-order valence-corrected chi connectivity index (χ0v) is 12.8. The first-order chi connectivity index (χ1) is 9.92. The van der Waals surface area contributed by atoms with Crippen LogP contribution in [0, 0.1) is 5.92 Å². The predicted molar refractivity (Wildman–Crippen MR) is 78.6 cm³/mol. The van der Waals surface area contributed by atoms with Crippen molar-refractivity contribution in [1.82, 2.24) is 16.0 Å². The van der Waals surface area contributed by atoms with Gasteiger partial charge in [-0.15, -0.1) is 0 Å². The molecule has 21 heavy (non-hydrogen) atoms. The van der Waals surface area contributed by atoms with E-state index in [4.69, 9.17) is 0 Å². The second-order valence-electron chi connectivity index (χ2n) is 5.29. The Morgan fingerprint density at radius 2 is 1.67 bits per heavy atom. The first-order valence-electron chi connectivity index (χ1n) is 7.06. The van der Waals surface area contributed by atoms with E-state index in [9.17, 15) is 19.2 Å². The van der Waals surface area contributed by atoms with Gasteiger partial charge in [-0.25, -0.2) is 0 Å². The lowest BCUT2D eigenvalue weighted by atomic mass is 10.1. The Morgan fingerprint density at radius 1 is 1.05 bits per heavy atom. The molecular formula is C14H25N3O4. The molecule has 0 heterocycles. The maximum absolute atomic E-state index is 11.6. The van der Waals surface area contributed by atoms with Crippen molar-refractivity contribution in [3.8, 4) is 0 Å². The molecule has 0 saturated carbocycles. The third kappa shape index (κ3) is 9.73. The summed E-state index contributed by atoms with van der Waals surface area (Å²) in [6.07, 6.45) is 2.52. The van der Waals surface area contributed by atoms with Crippen LogP contribution in [0.15, 0.2) is 0 Å². The first kappa shape index (κ1) is 19.2. The van der Waals surface area contributed by atoms with E-state index in [0.717, 1.165) is 6.29 Å². The molecule has 0 aromatic rings. The molecule has 0 rings (SSSR count). The highest BCUT2D eigenvalue weighted by Crippen LogP contribution is 2.02. The summed E-state index contributed by atoms with van der Waals surface area (Å²) < 4.78 is 0. The summed E-state index contributed by atoms with van der Waals surface area (Å²) in [5, 5.41) is 7.77. The van der Waals surface area contributed by atoms with Gasteiger partial charge in [-0.1, -0.05) is 13.8 Å². The lowest BCUT2D eigenvalue weighted by Gasteiger charge is -2.15. The average molecular weight is 299 g/mol. The van der Waals surface area contributed by atoms with Crippen molar-refractivity contribution in [2.75, 3.05) is 13.6 Å². The van der Waals surface area contributed by atoms with Crippen LogP contribution >= 0.6 is 0 Å². The Hall–Kier alpha value is -1.76. The van der Waals surface area contributed by atoms with E-state index in [1.54, 1.807) is 7.05 Å². The number of carbonyl (C=O) groups excluding carboxylic acids is 4. The van der Waals surface area contributed by atoms with Gasteiger partial charge in [0.1, 0.15) is 12.6 Å². The summed E-state index contributed by atoms with van der Waals surface area (Å²) in [5.41, 5.74) is 0. The smallest absolute Gasteiger partial charge is 0.239 e. The number of amides is 2. The van der Waals surface area contributed by atoms with Gasteiger partial charge >= 0.3 is 0 Å². The number of rotatable bonds is 11. The quantitative estimate of drug-likeness (QED) is 0.442. The third-order valence-corrected chi connectivity index (χ3v) is 2.90. The molecular weight excluding hydrogens is 274 g/mol. The number of hydrogen-bond acceptors (Lipinski definition) is 5. The highest BCUT2D eigenvalue weighted by Gasteiger charge is 2.14. The molecule has 7 heteroatoms. The van der Waals surface area contributed by atoms with E-state index >= 15 is 0 Å². The SMILES string of the molecule is CNC(C=O)CCC(=O)NCC(=O)NC(C=O)CC(C)C. The van der Waals surface area contributed by atoms with E-state index in [2.05, 4.69) is 16.0 Å². The van der Waals surface area contributed by atoms with Gasteiger partial charge in [0.15, 0.2) is 0 Å². The summed E-state index contributed by atoms with van der Waals surface area (Å²) >= 11 is 0. The van der Waals surface area contributed by atoms with Gasteiger partial charge in [-0.05, 0) is 25.8 Å². The van der Waals surface area contributed by atoms with Crippen LogP contribution in [-0.2, 0) is 19.2 Å². The molecule has 7 nitrogen and oxygen atoms in total. The van der Waals surface area contributed by atoms with Gasteiger partial charge < -0.3 is 25.5 Å². The van der Waals surface area contributed by atoms with Gasteiger partial charge in [0.2, 0.25) is 11.8 Å². The zero-order valence-electron chi connectivity index (χ0n) is 12.8. The Balaban J connectivity index is 3.98. The minimum atomic E-state index is -0.530. The van der Waals surface area contributed by atoms with Crippen LogP contribution in [0.3, 0.4) is 0 Å². The van der Waals surface area contributed by atoms with Crippen molar-refractivity contribution >= 4 is 24.4 Å². The number of hydrogen-bond donors (Lipinski definition) is 3. The first-order valence-corrected chi connectivity index (χ1v) is 7.06. The molecule has 0 saturated heterocycles. The summed E-state index contributed by atoms with van der Waals surface area (Å²) in [7, 11) is 1.64. The molecule has 0 aliphatic carbocycles. The fourth-order valence-corrected chi connectivity index (χ4v) is 1.75. The molecule has 2 amide bonds. The summed E-state index contributed by atoms with van der Waals surface area (Å²) in [4.78, 5) is 44.5. The lowest BCUT2D eigenvalue weighted by molar-refractivity contribution is -0.127. The van der Waals surface area contributed by atoms with E-state index in [1.165, 1.54) is 0 Å². The zero-order chi connectivity index (χ0) is 16.3. The normalized spacial score (nSPS) is 13.3. The van der Waals surface area contributed by atoms with Crippen molar-refractivity contribution in [2.45, 2.75) is 45.2 Å². The largest absolute Gasteiger partial charge is 0.347 e. The highest BCUT2D eigenvalue weighted by molar-refractivity contribution is 5.86. The van der Waals surface area contributed by atoms with Crippen molar-refractivity contribution in [3.63, 3.8) is 0 Å². The second kappa shape index (κ2) is 11.0. The average Bonchev–Trinajstić information content (AvgIpc) is 2.44. The molecule has 0 aromatic heterocycles. The Morgan fingerprint density at radius 3 is 2.14 bits per heavy atom. The summed E-state index contributed by atoms with van der Waals surface area (Å²) in [6.45, 7) is 3.73. The number of likely N-dealkylation sites (N-methyl/N-ethyl adjacent to an activating group) is 1. The molecule has 0 spiro atoms. The fraction of sp³-hybridized carbons (Fsp3) is 0.714. The molecule has 120 valence electrons. The molecule has 2 unspecified atom stereocenters. The van der Waals surface area contributed by atoms with Crippen LogP contribution in [-0.4, -0.2) is 50.1 Å². The second-order valence-corrected chi connectivity index (χ2v) is 5.29. The van der Waals surface area contributed by atoms with Crippen LogP contribution in [0.2, 0.25) is 0 Å².